The van der Waals surface area contributed by atoms with Crippen LogP contribution in [-0.2, 0) is 0 Å². The minimum absolute atomic E-state index is 0.208. The SMILES string of the molecule is CCOc1ccc(Nc2cc(Cl)c(Cl)cc2N)cc1F. The topological polar surface area (TPSA) is 47.3 Å². The molecule has 0 fully saturated rings. The number of nitrogens with two attached hydrogens (primary N) is 1. The van der Waals surface area contributed by atoms with Gasteiger partial charge in [-0.05, 0) is 31.2 Å². The van der Waals surface area contributed by atoms with Crippen LogP contribution < -0.4 is 15.8 Å². The van der Waals surface area contributed by atoms with Crippen molar-refractivity contribution in [3.63, 3.8) is 0 Å². The molecule has 0 aliphatic rings. The monoisotopic (exact) mass is 314 g/mol. The van der Waals surface area contributed by atoms with Crippen molar-refractivity contribution in [2.75, 3.05) is 17.7 Å². The second-order valence-corrected chi connectivity index (χ2v) is 4.87. The highest BCUT2D eigenvalue weighted by atomic mass is 35.5. The highest BCUT2D eigenvalue weighted by Crippen LogP contribution is 2.33. The minimum Gasteiger partial charge on any atom is -0.491 e. The molecule has 0 heterocycles. The molecule has 0 amide bonds. The van der Waals surface area contributed by atoms with Crippen molar-refractivity contribution in [3.05, 3.63) is 46.2 Å². The molecule has 106 valence electrons. The first-order valence-corrected chi connectivity index (χ1v) is 6.70. The van der Waals surface area contributed by atoms with Gasteiger partial charge in [-0.25, -0.2) is 4.39 Å². The molecule has 2 aromatic carbocycles. The van der Waals surface area contributed by atoms with Gasteiger partial charge in [0.1, 0.15) is 0 Å². The maximum atomic E-state index is 13.7. The summed E-state index contributed by atoms with van der Waals surface area (Å²) in [5.41, 5.74) is 7.35. The molecule has 0 aliphatic heterocycles. The van der Waals surface area contributed by atoms with Crippen LogP contribution in [0.3, 0.4) is 0 Å². The van der Waals surface area contributed by atoms with Crippen molar-refractivity contribution in [2.24, 2.45) is 0 Å². The smallest absolute Gasteiger partial charge is 0.167 e. The summed E-state index contributed by atoms with van der Waals surface area (Å²) in [5.74, 6) is -0.240. The lowest BCUT2D eigenvalue weighted by Gasteiger charge is -2.12. The molecule has 0 radical (unpaired) electrons. The van der Waals surface area contributed by atoms with E-state index in [2.05, 4.69) is 5.32 Å². The number of nitrogen functional groups attached to an aromatic ring is 1. The predicted octanol–water partition coefficient (Wildman–Crippen LogP) is 4.86. The standard InChI is InChI=1S/C14H13Cl2FN2O/c1-2-20-14-4-3-8(5-11(14)17)19-13-7-10(16)9(15)6-12(13)18/h3-7,19H,2,18H2,1H3. The summed E-state index contributed by atoms with van der Waals surface area (Å²) >= 11 is 11.8. The Bertz CT molecular complexity index is 635. The summed E-state index contributed by atoms with van der Waals surface area (Å²) in [5, 5.41) is 3.73. The predicted molar refractivity (Wildman–Crippen MR) is 81.7 cm³/mol. The van der Waals surface area contributed by atoms with E-state index in [1.807, 2.05) is 0 Å². The van der Waals surface area contributed by atoms with Gasteiger partial charge in [0.15, 0.2) is 11.6 Å². The van der Waals surface area contributed by atoms with Crippen LogP contribution in [0.2, 0.25) is 10.0 Å². The number of hydrogen-bond acceptors (Lipinski definition) is 3. The van der Waals surface area contributed by atoms with Gasteiger partial charge in [-0.3, -0.25) is 0 Å². The third-order valence-electron chi connectivity index (χ3n) is 2.60. The highest BCUT2D eigenvalue weighted by Gasteiger charge is 2.08. The van der Waals surface area contributed by atoms with E-state index in [1.165, 1.54) is 12.1 Å². The van der Waals surface area contributed by atoms with Gasteiger partial charge in [0, 0.05) is 11.8 Å². The van der Waals surface area contributed by atoms with Crippen molar-refractivity contribution in [3.8, 4) is 5.75 Å². The Kier molecular flexibility index (Phi) is 4.57. The van der Waals surface area contributed by atoms with Gasteiger partial charge in [0.05, 0.1) is 28.0 Å². The van der Waals surface area contributed by atoms with E-state index in [0.717, 1.165) is 0 Å². The molecule has 0 saturated carbocycles. The van der Waals surface area contributed by atoms with Crippen molar-refractivity contribution in [2.45, 2.75) is 6.92 Å². The van der Waals surface area contributed by atoms with Gasteiger partial charge in [-0.2, -0.15) is 0 Å². The number of nitrogens with one attached hydrogen (secondary N) is 1. The van der Waals surface area contributed by atoms with E-state index in [1.54, 1.807) is 25.1 Å². The maximum absolute atomic E-state index is 13.7. The number of halogens is 3. The van der Waals surface area contributed by atoms with E-state index in [-0.39, 0.29) is 5.75 Å². The van der Waals surface area contributed by atoms with Gasteiger partial charge in [0.2, 0.25) is 0 Å². The summed E-state index contributed by atoms with van der Waals surface area (Å²) in [4.78, 5) is 0. The number of rotatable bonds is 4. The van der Waals surface area contributed by atoms with E-state index >= 15 is 0 Å². The van der Waals surface area contributed by atoms with Gasteiger partial charge in [0.25, 0.3) is 0 Å². The van der Waals surface area contributed by atoms with Crippen LogP contribution in [0.4, 0.5) is 21.5 Å². The Morgan fingerprint density at radius 3 is 2.55 bits per heavy atom. The molecule has 0 atom stereocenters. The summed E-state index contributed by atoms with van der Waals surface area (Å²) < 4.78 is 18.9. The minimum atomic E-state index is -0.449. The summed E-state index contributed by atoms with van der Waals surface area (Å²) in [6, 6.07) is 7.70. The second-order valence-electron chi connectivity index (χ2n) is 4.06. The first-order valence-electron chi connectivity index (χ1n) is 5.95. The molecule has 6 heteroatoms. The Hall–Kier alpha value is -1.65. The Labute approximate surface area is 126 Å². The number of anilines is 3. The Morgan fingerprint density at radius 2 is 1.90 bits per heavy atom. The molecule has 0 aliphatic carbocycles. The number of ether oxygens (including phenoxy) is 1. The first-order chi connectivity index (χ1) is 9.51. The van der Waals surface area contributed by atoms with Crippen LogP contribution in [0.15, 0.2) is 30.3 Å². The van der Waals surface area contributed by atoms with Crippen LogP contribution in [0, 0.1) is 5.82 Å². The molecular formula is C14H13Cl2FN2O. The van der Waals surface area contributed by atoms with Crippen LogP contribution in [0.1, 0.15) is 6.92 Å². The largest absolute Gasteiger partial charge is 0.491 e. The lowest BCUT2D eigenvalue weighted by Crippen LogP contribution is -1.99. The summed E-state index contributed by atoms with van der Waals surface area (Å²) in [6.07, 6.45) is 0. The third-order valence-corrected chi connectivity index (χ3v) is 3.33. The summed E-state index contributed by atoms with van der Waals surface area (Å²) in [7, 11) is 0. The van der Waals surface area contributed by atoms with Gasteiger partial charge < -0.3 is 15.8 Å². The summed E-state index contributed by atoms with van der Waals surface area (Å²) in [6.45, 7) is 2.20. The zero-order valence-corrected chi connectivity index (χ0v) is 12.2. The molecule has 2 rings (SSSR count). The molecule has 2 aromatic rings. The van der Waals surface area contributed by atoms with Crippen LogP contribution in [-0.4, -0.2) is 6.61 Å². The first kappa shape index (κ1) is 14.8. The van der Waals surface area contributed by atoms with E-state index in [9.17, 15) is 4.39 Å². The van der Waals surface area contributed by atoms with Crippen molar-refractivity contribution < 1.29 is 9.13 Å². The lowest BCUT2D eigenvalue weighted by molar-refractivity contribution is 0.321. The normalized spacial score (nSPS) is 10.4. The van der Waals surface area contributed by atoms with Crippen molar-refractivity contribution in [1.29, 1.82) is 0 Å². The average molecular weight is 315 g/mol. The second kappa shape index (κ2) is 6.20. The fourth-order valence-corrected chi connectivity index (χ4v) is 2.01. The Morgan fingerprint density at radius 1 is 1.20 bits per heavy atom. The van der Waals surface area contributed by atoms with Gasteiger partial charge in [-0.1, -0.05) is 23.2 Å². The zero-order chi connectivity index (χ0) is 14.7. The van der Waals surface area contributed by atoms with Gasteiger partial charge >= 0.3 is 0 Å². The zero-order valence-electron chi connectivity index (χ0n) is 10.7. The quantitative estimate of drug-likeness (QED) is 0.792. The number of hydrogen-bond donors (Lipinski definition) is 2. The lowest BCUT2D eigenvalue weighted by atomic mass is 10.2. The van der Waals surface area contributed by atoms with E-state index in [0.29, 0.717) is 33.7 Å². The molecule has 0 bridgehead atoms. The molecular weight excluding hydrogens is 302 g/mol. The maximum Gasteiger partial charge on any atom is 0.167 e. The van der Waals surface area contributed by atoms with Gasteiger partial charge in [-0.15, -0.1) is 0 Å². The highest BCUT2D eigenvalue weighted by molar-refractivity contribution is 6.42. The van der Waals surface area contributed by atoms with Crippen molar-refractivity contribution >= 4 is 40.3 Å². The fourth-order valence-electron chi connectivity index (χ4n) is 1.68. The molecule has 0 aromatic heterocycles. The number of benzene rings is 2. The van der Waals surface area contributed by atoms with Crippen LogP contribution >= 0.6 is 23.2 Å². The van der Waals surface area contributed by atoms with E-state index in [4.69, 9.17) is 33.7 Å². The molecule has 0 saturated heterocycles. The van der Waals surface area contributed by atoms with Crippen LogP contribution in [0.25, 0.3) is 0 Å². The molecule has 20 heavy (non-hydrogen) atoms. The average Bonchev–Trinajstić information content (AvgIpc) is 2.39. The third kappa shape index (κ3) is 3.26. The molecule has 3 N–H and O–H groups in total. The molecule has 0 unspecified atom stereocenters. The van der Waals surface area contributed by atoms with Crippen LogP contribution in [0.5, 0.6) is 5.75 Å². The molecule has 0 spiro atoms. The Balaban J connectivity index is 2.26. The fraction of sp³-hybridized carbons (Fsp3) is 0.143. The molecule has 3 nitrogen and oxygen atoms in total. The van der Waals surface area contributed by atoms with Crippen molar-refractivity contribution in [1.82, 2.24) is 0 Å². The van der Waals surface area contributed by atoms with E-state index < -0.39 is 5.82 Å².